The Morgan fingerprint density at radius 3 is 2.52 bits per heavy atom. The molecule has 0 aromatic heterocycles. The fourth-order valence-electron chi connectivity index (χ4n) is 1.70. The maximum atomic E-state index is 11.8. The van der Waals surface area contributed by atoms with Crippen LogP contribution in [0.1, 0.15) is 10.4 Å². The molecule has 2 aromatic carbocycles. The van der Waals surface area contributed by atoms with Crippen molar-refractivity contribution in [2.45, 2.75) is 0 Å². The molecule has 118 valence electrons. The fourth-order valence-corrected chi connectivity index (χ4v) is 2.16. The molecule has 8 heteroatoms. The number of ether oxygens (including phenoxy) is 1. The van der Waals surface area contributed by atoms with Gasteiger partial charge in [0.15, 0.2) is 6.61 Å². The average molecular weight is 379 g/mol. The van der Waals surface area contributed by atoms with E-state index < -0.39 is 10.8 Å². The first-order valence-corrected chi connectivity index (χ1v) is 7.20. The Morgan fingerprint density at radius 1 is 1.26 bits per heavy atom. The molecule has 23 heavy (non-hydrogen) atoms. The Balaban J connectivity index is 1.94. The number of nitro benzene ring substituents is 1. The van der Waals surface area contributed by atoms with Crippen molar-refractivity contribution in [3.8, 4) is 5.75 Å². The van der Waals surface area contributed by atoms with Crippen LogP contribution < -0.4 is 10.1 Å². The molecular formula is C15H11BrN2O5. The highest BCUT2D eigenvalue weighted by Gasteiger charge is 2.11. The molecule has 0 bridgehead atoms. The average Bonchev–Trinajstić information content (AvgIpc) is 2.55. The lowest BCUT2D eigenvalue weighted by molar-refractivity contribution is -0.384. The van der Waals surface area contributed by atoms with Crippen LogP contribution in [0.25, 0.3) is 0 Å². The second kappa shape index (κ2) is 7.50. The van der Waals surface area contributed by atoms with Gasteiger partial charge in [-0.25, -0.2) is 0 Å². The number of nitrogens with zero attached hydrogens (tertiary/aromatic N) is 1. The number of amides is 1. The maximum Gasteiger partial charge on any atom is 0.270 e. The van der Waals surface area contributed by atoms with E-state index in [0.29, 0.717) is 27.8 Å². The number of non-ortho nitro benzene ring substituents is 1. The molecule has 0 saturated heterocycles. The second-order valence-corrected chi connectivity index (χ2v) is 5.30. The Kier molecular flexibility index (Phi) is 5.42. The third-order valence-corrected chi connectivity index (χ3v) is 3.48. The molecule has 0 atom stereocenters. The predicted octanol–water partition coefficient (Wildman–Crippen LogP) is 3.19. The molecule has 0 aliphatic carbocycles. The minimum absolute atomic E-state index is 0.0820. The molecule has 0 unspecified atom stereocenters. The molecule has 0 saturated carbocycles. The molecule has 2 aromatic rings. The molecule has 0 heterocycles. The summed E-state index contributed by atoms with van der Waals surface area (Å²) in [6.45, 7) is -0.232. The number of carbonyl (C=O) groups excluding carboxylic acids is 2. The quantitative estimate of drug-likeness (QED) is 0.472. The topological polar surface area (TPSA) is 98.5 Å². The van der Waals surface area contributed by atoms with E-state index in [2.05, 4.69) is 21.2 Å². The molecule has 1 amide bonds. The molecule has 0 aliphatic heterocycles. The summed E-state index contributed by atoms with van der Waals surface area (Å²) in [5.74, 6) is 0.0348. The Morgan fingerprint density at radius 2 is 1.96 bits per heavy atom. The summed E-state index contributed by atoms with van der Waals surface area (Å²) in [4.78, 5) is 32.5. The van der Waals surface area contributed by atoms with Crippen LogP contribution in [0, 0.1) is 10.1 Å². The summed E-state index contributed by atoms with van der Waals surface area (Å²) in [6, 6.07) is 10.3. The maximum absolute atomic E-state index is 11.8. The van der Waals surface area contributed by atoms with Gasteiger partial charge in [0.1, 0.15) is 12.0 Å². The van der Waals surface area contributed by atoms with E-state index in [1.165, 1.54) is 18.2 Å². The number of nitrogens with one attached hydrogen (secondary N) is 1. The van der Waals surface area contributed by atoms with Crippen molar-refractivity contribution in [3.05, 3.63) is 62.6 Å². The van der Waals surface area contributed by atoms with Crippen molar-refractivity contribution < 1.29 is 19.2 Å². The van der Waals surface area contributed by atoms with Crippen LogP contribution >= 0.6 is 15.9 Å². The zero-order valence-corrected chi connectivity index (χ0v) is 13.3. The highest BCUT2D eigenvalue weighted by molar-refractivity contribution is 9.10. The SMILES string of the molecule is O=Cc1ccc(OCC(=O)Nc2ccc([N+](=O)[O-])cc2Br)cc1. The van der Waals surface area contributed by atoms with Crippen LogP contribution in [0.3, 0.4) is 0 Å². The van der Waals surface area contributed by atoms with Gasteiger partial charge in [-0.1, -0.05) is 0 Å². The first kappa shape index (κ1) is 16.6. The minimum atomic E-state index is -0.525. The van der Waals surface area contributed by atoms with E-state index in [9.17, 15) is 19.7 Å². The van der Waals surface area contributed by atoms with Crippen LogP contribution in [0.15, 0.2) is 46.9 Å². The Labute approximate surface area is 139 Å². The van der Waals surface area contributed by atoms with E-state index >= 15 is 0 Å². The highest BCUT2D eigenvalue weighted by Crippen LogP contribution is 2.27. The molecule has 7 nitrogen and oxygen atoms in total. The second-order valence-electron chi connectivity index (χ2n) is 4.44. The number of nitro groups is 1. The largest absolute Gasteiger partial charge is 0.484 e. The van der Waals surface area contributed by atoms with Gasteiger partial charge in [-0.3, -0.25) is 19.7 Å². The summed E-state index contributed by atoms with van der Waals surface area (Å²) in [5, 5.41) is 13.2. The summed E-state index contributed by atoms with van der Waals surface area (Å²) in [6.07, 6.45) is 0.711. The normalized spacial score (nSPS) is 9.96. The number of anilines is 1. The first-order chi connectivity index (χ1) is 11.0. The molecule has 0 spiro atoms. The van der Waals surface area contributed by atoms with Crippen molar-refractivity contribution in [1.29, 1.82) is 0 Å². The molecule has 0 aliphatic rings. The lowest BCUT2D eigenvalue weighted by Gasteiger charge is -2.09. The van der Waals surface area contributed by atoms with Crippen molar-refractivity contribution in [2.75, 3.05) is 11.9 Å². The number of halogens is 1. The number of carbonyl (C=O) groups is 2. The zero-order valence-electron chi connectivity index (χ0n) is 11.7. The van der Waals surface area contributed by atoms with Crippen LogP contribution in [-0.4, -0.2) is 23.7 Å². The smallest absolute Gasteiger partial charge is 0.270 e. The number of hydrogen-bond donors (Lipinski definition) is 1. The number of rotatable bonds is 6. The van der Waals surface area contributed by atoms with Crippen LogP contribution in [0.2, 0.25) is 0 Å². The van der Waals surface area contributed by atoms with Gasteiger partial charge in [-0.05, 0) is 46.3 Å². The van der Waals surface area contributed by atoms with Crippen molar-refractivity contribution in [3.63, 3.8) is 0 Å². The van der Waals surface area contributed by atoms with Gasteiger partial charge < -0.3 is 10.1 Å². The van der Waals surface area contributed by atoms with Crippen molar-refractivity contribution >= 4 is 39.5 Å². The number of aldehydes is 1. The summed E-state index contributed by atoms with van der Waals surface area (Å²) in [5.41, 5.74) is 0.832. The molecule has 0 fully saturated rings. The Hall–Kier alpha value is -2.74. The van der Waals surface area contributed by atoms with Gasteiger partial charge in [0, 0.05) is 22.2 Å². The number of benzene rings is 2. The van der Waals surface area contributed by atoms with Crippen LogP contribution in [0.4, 0.5) is 11.4 Å². The molecule has 0 radical (unpaired) electrons. The van der Waals surface area contributed by atoms with Gasteiger partial charge in [-0.15, -0.1) is 0 Å². The molecule has 1 N–H and O–H groups in total. The monoisotopic (exact) mass is 378 g/mol. The fraction of sp³-hybridized carbons (Fsp3) is 0.0667. The van der Waals surface area contributed by atoms with Gasteiger partial charge in [0.25, 0.3) is 11.6 Å². The van der Waals surface area contributed by atoms with E-state index in [-0.39, 0.29) is 12.3 Å². The summed E-state index contributed by atoms with van der Waals surface area (Å²) in [7, 11) is 0. The first-order valence-electron chi connectivity index (χ1n) is 6.41. The third kappa shape index (κ3) is 4.62. The van der Waals surface area contributed by atoms with E-state index in [0.717, 1.165) is 0 Å². The standard InChI is InChI=1S/C15H11BrN2O5/c16-13-7-11(18(21)22)3-6-14(13)17-15(20)9-23-12-4-1-10(8-19)2-5-12/h1-8H,9H2,(H,17,20). The molecular weight excluding hydrogens is 368 g/mol. The van der Waals surface area contributed by atoms with Crippen LogP contribution in [-0.2, 0) is 4.79 Å². The van der Waals surface area contributed by atoms with E-state index in [1.807, 2.05) is 0 Å². The van der Waals surface area contributed by atoms with Gasteiger partial charge in [0.2, 0.25) is 0 Å². The number of hydrogen-bond acceptors (Lipinski definition) is 5. The summed E-state index contributed by atoms with van der Waals surface area (Å²) < 4.78 is 5.69. The van der Waals surface area contributed by atoms with Crippen LogP contribution in [0.5, 0.6) is 5.75 Å². The third-order valence-electron chi connectivity index (χ3n) is 2.82. The molecule has 2 rings (SSSR count). The van der Waals surface area contributed by atoms with Gasteiger partial charge in [-0.2, -0.15) is 0 Å². The zero-order chi connectivity index (χ0) is 16.8. The van der Waals surface area contributed by atoms with E-state index in [1.54, 1.807) is 24.3 Å². The van der Waals surface area contributed by atoms with Gasteiger partial charge >= 0.3 is 0 Å². The van der Waals surface area contributed by atoms with E-state index in [4.69, 9.17) is 4.74 Å². The van der Waals surface area contributed by atoms with Gasteiger partial charge in [0.05, 0.1) is 10.6 Å². The summed E-state index contributed by atoms with van der Waals surface area (Å²) >= 11 is 3.16. The van der Waals surface area contributed by atoms with Crippen molar-refractivity contribution in [1.82, 2.24) is 0 Å². The lowest BCUT2D eigenvalue weighted by Crippen LogP contribution is -2.20. The Bertz CT molecular complexity index is 746. The minimum Gasteiger partial charge on any atom is -0.484 e. The predicted molar refractivity (Wildman–Crippen MR) is 86.8 cm³/mol. The lowest BCUT2D eigenvalue weighted by atomic mass is 10.2. The highest BCUT2D eigenvalue weighted by atomic mass is 79.9. The van der Waals surface area contributed by atoms with Crippen molar-refractivity contribution in [2.24, 2.45) is 0 Å².